The highest BCUT2D eigenvalue weighted by molar-refractivity contribution is 9.10. The van der Waals surface area contributed by atoms with Crippen molar-refractivity contribution < 1.29 is 19.0 Å². The molecule has 0 amide bonds. The maximum Gasteiger partial charge on any atom is 0.306 e. The molecular weight excluding hydrogens is 279 g/mol. The van der Waals surface area contributed by atoms with Crippen molar-refractivity contribution in [3.05, 3.63) is 28.0 Å². The van der Waals surface area contributed by atoms with Gasteiger partial charge in [-0.25, -0.2) is 4.39 Å². The van der Waals surface area contributed by atoms with Gasteiger partial charge in [-0.3, -0.25) is 4.79 Å². The van der Waals surface area contributed by atoms with Crippen LogP contribution >= 0.6 is 15.9 Å². The standard InChI is InChI=1S/C11H12BrFO3/c1-6(11(14)15)5-7-8(12)3-4-9(13)10(7)16-2/h3-4,6H,5H2,1-2H3,(H,14,15). The molecule has 5 heteroatoms. The molecule has 0 radical (unpaired) electrons. The smallest absolute Gasteiger partial charge is 0.306 e. The maximum atomic E-state index is 13.4. The van der Waals surface area contributed by atoms with Crippen molar-refractivity contribution in [2.24, 2.45) is 5.92 Å². The minimum absolute atomic E-state index is 0.0995. The topological polar surface area (TPSA) is 46.5 Å². The highest BCUT2D eigenvalue weighted by atomic mass is 79.9. The van der Waals surface area contributed by atoms with Crippen LogP contribution < -0.4 is 4.74 Å². The second-order valence-corrected chi connectivity index (χ2v) is 4.34. The lowest BCUT2D eigenvalue weighted by atomic mass is 10.0. The Balaban J connectivity index is 3.11. The minimum atomic E-state index is -0.918. The summed E-state index contributed by atoms with van der Waals surface area (Å²) in [7, 11) is 1.36. The zero-order valence-corrected chi connectivity index (χ0v) is 10.5. The van der Waals surface area contributed by atoms with Crippen molar-refractivity contribution in [2.45, 2.75) is 13.3 Å². The van der Waals surface area contributed by atoms with Gasteiger partial charge in [0.1, 0.15) is 0 Å². The van der Waals surface area contributed by atoms with Gasteiger partial charge in [-0.2, -0.15) is 0 Å². The molecule has 0 aliphatic carbocycles. The van der Waals surface area contributed by atoms with Crippen LogP contribution in [0.4, 0.5) is 4.39 Å². The molecule has 0 spiro atoms. The molecule has 1 rings (SSSR count). The minimum Gasteiger partial charge on any atom is -0.493 e. The fraction of sp³-hybridized carbons (Fsp3) is 0.364. The van der Waals surface area contributed by atoms with Crippen LogP contribution in [-0.2, 0) is 11.2 Å². The van der Waals surface area contributed by atoms with Crippen LogP contribution in [0, 0.1) is 11.7 Å². The largest absolute Gasteiger partial charge is 0.493 e. The number of hydrogen-bond donors (Lipinski definition) is 1. The van der Waals surface area contributed by atoms with E-state index in [2.05, 4.69) is 15.9 Å². The molecule has 1 unspecified atom stereocenters. The van der Waals surface area contributed by atoms with Crippen LogP contribution in [0.3, 0.4) is 0 Å². The van der Waals surface area contributed by atoms with Crippen molar-refractivity contribution in [2.75, 3.05) is 7.11 Å². The fourth-order valence-corrected chi connectivity index (χ4v) is 1.85. The lowest BCUT2D eigenvalue weighted by molar-refractivity contribution is -0.141. The first-order chi connectivity index (χ1) is 7.47. The van der Waals surface area contributed by atoms with Gasteiger partial charge in [-0.05, 0) is 18.6 Å². The Bertz CT molecular complexity index is 406. The number of rotatable bonds is 4. The van der Waals surface area contributed by atoms with E-state index >= 15 is 0 Å². The van der Waals surface area contributed by atoms with E-state index in [4.69, 9.17) is 9.84 Å². The van der Waals surface area contributed by atoms with E-state index in [9.17, 15) is 9.18 Å². The number of carboxylic acids is 1. The number of hydrogen-bond acceptors (Lipinski definition) is 2. The van der Waals surface area contributed by atoms with Gasteiger partial charge in [0, 0.05) is 10.0 Å². The highest BCUT2D eigenvalue weighted by Gasteiger charge is 2.19. The van der Waals surface area contributed by atoms with Gasteiger partial charge in [0.05, 0.1) is 13.0 Å². The monoisotopic (exact) mass is 290 g/mol. The zero-order valence-electron chi connectivity index (χ0n) is 8.96. The van der Waals surface area contributed by atoms with Crippen molar-refractivity contribution in [3.8, 4) is 5.75 Å². The number of ether oxygens (including phenoxy) is 1. The molecule has 1 N–H and O–H groups in total. The lowest BCUT2D eigenvalue weighted by Crippen LogP contribution is -2.13. The van der Waals surface area contributed by atoms with Gasteiger partial charge in [-0.15, -0.1) is 0 Å². The quantitative estimate of drug-likeness (QED) is 0.927. The molecule has 0 saturated heterocycles. The van der Waals surface area contributed by atoms with Crippen LogP contribution in [0.1, 0.15) is 12.5 Å². The summed E-state index contributed by atoms with van der Waals surface area (Å²) in [5, 5.41) is 8.82. The molecule has 1 atom stereocenters. The Morgan fingerprint density at radius 2 is 2.25 bits per heavy atom. The number of benzene rings is 1. The molecule has 1 aromatic carbocycles. The molecule has 0 saturated carbocycles. The lowest BCUT2D eigenvalue weighted by Gasteiger charge is -2.13. The summed E-state index contributed by atoms with van der Waals surface area (Å²) in [6.45, 7) is 1.57. The molecule has 0 aromatic heterocycles. The summed E-state index contributed by atoms with van der Waals surface area (Å²) in [5.41, 5.74) is 0.539. The number of aliphatic carboxylic acids is 1. The van der Waals surface area contributed by atoms with E-state index in [0.29, 0.717) is 10.0 Å². The third-order valence-corrected chi connectivity index (χ3v) is 3.03. The molecule has 1 aromatic rings. The fourth-order valence-electron chi connectivity index (χ4n) is 1.38. The second kappa shape index (κ2) is 5.30. The maximum absolute atomic E-state index is 13.4. The van der Waals surface area contributed by atoms with Crippen molar-refractivity contribution >= 4 is 21.9 Å². The Kier molecular flexibility index (Phi) is 4.29. The van der Waals surface area contributed by atoms with E-state index in [0.717, 1.165) is 0 Å². The SMILES string of the molecule is COc1c(F)ccc(Br)c1CC(C)C(=O)O. The van der Waals surface area contributed by atoms with Crippen LogP contribution in [0.2, 0.25) is 0 Å². The third kappa shape index (κ3) is 2.72. The molecule has 3 nitrogen and oxygen atoms in total. The van der Waals surface area contributed by atoms with Crippen LogP contribution in [0.25, 0.3) is 0 Å². The third-order valence-electron chi connectivity index (χ3n) is 2.29. The molecule has 0 fully saturated rings. The first kappa shape index (κ1) is 13.0. The average Bonchev–Trinajstić information content (AvgIpc) is 2.23. The Morgan fingerprint density at radius 1 is 1.62 bits per heavy atom. The molecule has 0 heterocycles. The van der Waals surface area contributed by atoms with Gasteiger partial charge < -0.3 is 9.84 Å². The van der Waals surface area contributed by atoms with Gasteiger partial charge in [0.25, 0.3) is 0 Å². The summed E-state index contributed by atoms with van der Waals surface area (Å²) >= 11 is 3.26. The summed E-state index contributed by atoms with van der Waals surface area (Å²) in [6.07, 6.45) is 0.219. The van der Waals surface area contributed by atoms with Crippen molar-refractivity contribution in [3.63, 3.8) is 0 Å². The van der Waals surface area contributed by atoms with Crippen molar-refractivity contribution in [1.29, 1.82) is 0 Å². The Labute approximate surface area is 101 Å². The van der Waals surface area contributed by atoms with Crippen molar-refractivity contribution in [1.82, 2.24) is 0 Å². The zero-order chi connectivity index (χ0) is 12.3. The van der Waals surface area contributed by atoms with E-state index in [1.807, 2.05) is 0 Å². The van der Waals surface area contributed by atoms with Crippen LogP contribution in [0.15, 0.2) is 16.6 Å². The highest BCUT2D eigenvalue weighted by Crippen LogP contribution is 2.31. The van der Waals surface area contributed by atoms with Crippen LogP contribution in [0.5, 0.6) is 5.75 Å². The molecule has 88 valence electrons. The van der Waals surface area contributed by atoms with E-state index in [-0.39, 0.29) is 12.2 Å². The average molecular weight is 291 g/mol. The van der Waals surface area contributed by atoms with E-state index < -0.39 is 17.7 Å². The van der Waals surface area contributed by atoms with Gasteiger partial charge in [0.15, 0.2) is 11.6 Å². The summed E-state index contributed by atoms with van der Waals surface area (Å²) in [4.78, 5) is 10.7. The number of carboxylic acid groups (broad SMARTS) is 1. The predicted molar refractivity (Wildman–Crippen MR) is 61.2 cm³/mol. The molecule has 0 bridgehead atoms. The molecule has 16 heavy (non-hydrogen) atoms. The van der Waals surface area contributed by atoms with Crippen LogP contribution in [-0.4, -0.2) is 18.2 Å². The van der Waals surface area contributed by atoms with Gasteiger partial charge in [0.2, 0.25) is 0 Å². The molecule has 0 aliphatic heterocycles. The van der Waals surface area contributed by atoms with Gasteiger partial charge in [-0.1, -0.05) is 22.9 Å². The predicted octanol–water partition coefficient (Wildman–Crippen LogP) is 2.86. The number of methoxy groups -OCH3 is 1. The first-order valence-electron chi connectivity index (χ1n) is 4.71. The molecular formula is C11H12BrFO3. The Hall–Kier alpha value is -1.10. The number of carbonyl (C=O) groups is 1. The first-order valence-corrected chi connectivity index (χ1v) is 5.50. The summed E-state index contributed by atoms with van der Waals surface area (Å²) < 4.78 is 19.0. The Morgan fingerprint density at radius 3 is 2.75 bits per heavy atom. The molecule has 0 aliphatic rings. The second-order valence-electron chi connectivity index (χ2n) is 3.48. The van der Waals surface area contributed by atoms with Gasteiger partial charge >= 0.3 is 5.97 Å². The summed E-state index contributed by atoms with van der Waals surface area (Å²) in [6, 6.07) is 2.82. The van der Waals surface area contributed by atoms with E-state index in [1.165, 1.54) is 13.2 Å². The normalized spacial score (nSPS) is 12.2. The van der Waals surface area contributed by atoms with E-state index in [1.54, 1.807) is 13.0 Å². The summed E-state index contributed by atoms with van der Waals surface area (Å²) in [5.74, 6) is -1.90. The number of halogens is 2.